The smallest absolute Gasteiger partial charge is 0.257 e. The first-order valence-electron chi connectivity index (χ1n) is 13.6. The molecular formula is C27H34F2N4O5S. The number of aliphatic hydroxyl groups excluding tert-OH is 1. The predicted molar refractivity (Wildman–Crippen MR) is 140 cm³/mol. The van der Waals surface area contributed by atoms with Gasteiger partial charge in [0.15, 0.2) is 9.84 Å². The number of amides is 1. The highest BCUT2D eigenvalue weighted by Gasteiger charge is 2.47. The molecule has 2 saturated carbocycles. The van der Waals surface area contributed by atoms with Crippen molar-refractivity contribution in [2.45, 2.75) is 75.6 Å². The van der Waals surface area contributed by atoms with Gasteiger partial charge in [0.25, 0.3) is 5.91 Å². The van der Waals surface area contributed by atoms with Crippen LogP contribution < -0.4 is 15.4 Å². The number of hydrogen-bond donors (Lipinski definition) is 3. The van der Waals surface area contributed by atoms with Gasteiger partial charge in [0.1, 0.15) is 23.4 Å². The number of aryl methyl sites for hydroxylation is 2. The molecule has 1 aliphatic heterocycles. The van der Waals surface area contributed by atoms with Gasteiger partial charge in [-0.1, -0.05) is 18.9 Å². The van der Waals surface area contributed by atoms with Gasteiger partial charge in [-0.25, -0.2) is 21.9 Å². The van der Waals surface area contributed by atoms with E-state index >= 15 is 0 Å². The number of halogens is 2. The number of nitrogens with one attached hydrogen (secondary N) is 2. The number of nitrogens with zero attached hydrogens (tertiary/aromatic N) is 2. The van der Waals surface area contributed by atoms with Gasteiger partial charge in [0, 0.05) is 38.0 Å². The van der Waals surface area contributed by atoms with Crippen molar-refractivity contribution in [3.8, 4) is 5.75 Å². The lowest BCUT2D eigenvalue weighted by Crippen LogP contribution is -2.50. The van der Waals surface area contributed by atoms with Crippen LogP contribution in [0.25, 0.3) is 0 Å². The van der Waals surface area contributed by atoms with E-state index in [0.29, 0.717) is 48.1 Å². The number of ether oxygens (including phenoxy) is 1. The van der Waals surface area contributed by atoms with Crippen LogP contribution in [0, 0.1) is 11.8 Å². The lowest BCUT2D eigenvalue weighted by atomic mass is 9.82. The predicted octanol–water partition coefficient (Wildman–Crippen LogP) is 3.01. The van der Waals surface area contributed by atoms with Gasteiger partial charge >= 0.3 is 0 Å². The minimum atomic E-state index is -3.44. The number of fused-ring (bicyclic) bond motifs is 3. The topological polar surface area (TPSA) is 123 Å². The van der Waals surface area contributed by atoms with Gasteiger partial charge in [-0.2, -0.15) is 5.10 Å². The maximum atomic E-state index is 13.6. The Balaban J connectivity index is 1.23. The Labute approximate surface area is 226 Å². The van der Waals surface area contributed by atoms with Gasteiger partial charge < -0.3 is 20.5 Å². The molecule has 3 aliphatic carbocycles. The van der Waals surface area contributed by atoms with Crippen LogP contribution in [-0.4, -0.2) is 60.0 Å². The fraction of sp³-hybridized carbons (Fsp3) is 0.630. The van der Waals surface area contributed by atoms with E-state index in [9.17, 15) is 27.1 Å². The van der Waals surface area contributed by atoms with Gasteiger partial charge in [-0.15, -0.1) is 0 Å². The molecule has 212 valence electrons. The van der Waals surface area contributed by atoms with Crippen molar-refractivity contribution in [1.29, 1.82) is 0 Å². The molecule has 0 bridgehead atoms. The number of rotatable bonds is 10. The van der Waals surface area contributed by atoms with E-state index in [1.807, 2.05) is 18.2 Å². The van der Waals surface area contributed by atoms with Crippen molar-refractivity contribution < 1.29 is 31.8 Å². The van der Waals surface area contributed by atoms with E-state index < -0.39 is 33.3 Å². The number of hydrogen-bond acceptors (Lipinski definition) is 7. The van der Waals surface area contributed by atoms with E-state index in [2.05, 4.69) is 10.6 Å². The zero-order chi connectivity index (χ0) is 27.6. The zero-order valence-corrected chi connectivity index (χ0v) is 22.7. The standard InChI is InChI=1S/C27H34F2N4O5S/c1-39(36,37)15-22(34)30-24-23-21(32-33(24)9-7-16-2-3-16)13-26(31-25(23)35)8-6-18-10-19(4-5-20(18)26)38-14-17-11-27(28,29)12-17/h4-5,10,16-17,22,30,34H,2-3,6-9,11-15H2,1H3,(H,31,35)/t22?,26-/m1/s1. The maximum Gasteiger partial charge on any atom is 0.257 e. The molecule has 0 radical (unpaired) electrons. The summed E-state index contributed by atoms with van der Waals surface area (Å²) in [6, 6.07) is 5.70. The molecule has 4 aliphatic rings. The second-order valence-electron chi connectivity index (χ2n) is 11.9. The molecule has 6 rings (SSSR count). The molecule has 12 heteroatoms. The average Bonchev–Trinajstić information content (AvgIpc) is 3.51. The molecule has 2 heterocycles. The Hall–Kier alpha value is -2.73. The number of alkyl halides is 2. The molecule has 2 aromatic rings. The molecule has 2 fully saturated rings. The third-order valence-electron chi connectivity index (χ3n) is 8.36. The summed E-state index contributed by atoms with van der Waals surface area (Å²) in [6.07, 6.45) is 4.51. The molecule has 2 atom stereocenters. The molecule has 0 saturated heterocycles. The Morgan fingerprint density at radius 1 is 1.28 bits per heavy atom. The Morgan fingerprint density at radius 3 is 2.74 bits per heavy atom. The van der Waals surface area contributed by atoms with Crippen molar-refractivity contribution in [3.63, 3.8) is 0 Å². The first kappa shape index (κ1) is 26.5. The molecule has 9 nitrogen and oxygen atoms in total. The van der Waals surface area contributed by atoms with Crippen LogP contribution in [0.3, 0.4) is 0 Å². The fourth-order valence-electron chi connectivity index (χ4n) is 6.24. The minimum Gasteiger partial charge on any atom is -0.493 e. The van der Waals surface area contributed by atoms with Gasteiger partial charge in [0.2, 0.25) is 5.92 Å². The highest BCUT2D eigenvalue weighted by molar-refractivity contribution is 7.90. The van der Waals surface area contributed by atoms with Crippen LogP contribution in [0.5, 0.6) is 5.75 Å². The monoisotopic (exact) mass is 564 g/mol. The Morgan fingerprint density at radius 2 is 2.05 bits per heavy atom. The van der Waals surface area contributed by atoms with Crippen LogP contribution in [0.4, 0.5) is 14.6 Å². The number of aromatic nitrogens is 2. The number of aliphatic hydroxyl groups is 1. The molecular weight excluding hydrogens is 530 g/mol. The number of benzene rings is 1. The fourth-order valence-corrected chi connectivity index (χ4v) is 6.89. The van der Waals surface area contributed by atoms with Crippen LogP contribution in [-0.2, 0) is 34.8 Å². The number of carbonyl (C=O) groups excluding carboxylic acids is 1. The summed E-state index contributed by atoms with van der Waals surface area (Å²) in [5.41, 5.74) is 2.36. The summed E-state index contributed by atoms with van der Waals surface area (Å²) >= 11 is 0. The lowest BCUT2D eigenvalue weighted by Gasteiger charge is -2.35. The van der Waals surface area contributed by atoms with Crippen molar-refractivity contribution in [3.05, 3.63) is 40.6 Å². The summed E-state index contributed by atoms with van der Waals surface area (Å²) in [7, 11) is -3.44. The third kappa shape index (κ3) is 5.50. The minimum absolute atomic E-state index is 0.134. The summed E-state index contributed by atoms with van der Waals surface area (Å²) in [5, 5.41) is 21.3. The quantitative estimate of drug-likeness (QED) is 0.379. The molecule has 1 spiro atoms. The second-order valence-corrected chi connectivity index (χ2v) is 14.0. The molecule has 1 unspecified atom stereocenters. The van der Waals surface area contributed by atoms with Gasteiger partial charge in [-0.05, 0) is 48.4 Å². The van der Waals surface area contributed by atoms with Gasteiger partial charge in [0.05, 0.1) is 23.6 Å². The Kier molecular flexibility index (Phi) is 6.41. The normalized spacial score (nSPS) is 24.6. The molecule has 3 N–H and O–H groups in total. The first-order chi connectivity index (χ1) is 18.4. The van der Waals surface area contributed by atoms with Crippen LogP contribution in [0.1, 0.15) is 65.7 Å². The highest BCUT2D eigenvalue weighted by Crippen LogP contribution is 2.45. The summed E-state index contributed by atoms with van der Waals surface area (Å²) in [5.74, 6) is -1.90. The lowest BCUT2D eigenvalue weighted by molar-refractivity contribution is -0.119. The summed E-state index contributed by atoms with van der Waals surface area (Å²) in [4.78, 5) is 13.6. The first-order valence-corrected chi connectivity index (χ1v) is 15.6. The molecule has 1 amide bonds. The van der Waals surface area contributed by atoms with E-state index in [1.165, 1.54) is 12.8 Å². The van der Waals surface area contributed by atoms with E-state index in [-0.39, 0.29) is 31.3 Å². The summed E-state index contributed by atoms with van der Waals surface area (Å²) < 4.78 is 57.2. The Bertz CT molecular complexity index is 1400. The van der Waals surface area contributed by atoms with Crippen molar-refractivity contribution in [2.24, 2.45) is 11.8 Å². The second kappa shape index (κ2) is 9.43. The van der Waals surface area contributed by atoms with Crippen molar-refractivity contribution >= 4 is 21.6 Å². The molecule has 1 aromatic heterocycles. The van der Waals surface area contributed by atoms with Crippen LogP contribution >= 0.6 is 0 Å². The maximum absolute atomic E-state index is 13.6. The summed E-state index contributed by atoms with van der Waals surface area (Å²) in [6.45, 7) is 0.828. The third-order valence-corrected chi connectivity index (χ3v) is 9.28. The zero-order valence-electron chi connectivity index (χ0n) is 21.9. The SMILES string of the molecule is CS(=O)(=O)CC(O)Nc1c2c(nn1CCC1CC1)C[C@@]1(CCc3cc(OCC4CC(F)(F)C4)ccc31)NC2=O. The van der Waals surface area contributed by atoms with Crippen LogP contribution in [0.15, 0.2) is 18.2 Å². The highest BCUT2D eigenvalue weighted by atomic mass is 32.2. The molecule has 1 aromatic carbocycles. The van der Waals surface area contributed by atoms with Crippen LogP contribution in [0.2, 0.25) is 0 Å². The van der Waals surface area contributed by atoms with Gasteiger partial charge in [-0.3, -0.25) is 4.79 Å². The van der Waals surface area contributed by atoms with E-state index in [1.54, 1.807) is 4.68 Å². The van der Waals surface area contributed by atoms with Crippen molar-refractivity contribution in [2.75, 3.05) is 23.9 Å². The number of sulfone groups is 1. The average molecular weight is 565 g/mol. The van der Waals surface area contributed by atoms with E-state index in [4.69, 9.17) is 9.84 Å². The number of carbonyl (C=O) groups is 1. The largest absolute Gasteiger partial charge is 0.493 e. The molecule has 39 heavy (non-hydrogen) atoms. The van der Waals surface area contributed by atoms with E-state index in [0.717, 1.165) is 30.2 Å². The number of anilines is 1. The van der Waals surface area contributed by atoms with Crippen molar-refractivity contribution in [1.82, 2.24) is 15.1 Å².